The Morgan fingerprint density at radius 2 is 2.05 bits per heavy atom. The van der Waals surface area contributed by atoms with E-state index >= 15 is 0 Å². The van der Waals surface area contributed by atoms with Crippen molar-refractivity contribution in [1.82, 2.24) is 5.32 Å². The number of amides is 2. The minimum atomic E-state index is -0.956. The highest BCUT2D eigenvalue weighted by molar-refractivity contribution is 9.10. The zero-order valence-corrected chi connectivity index (χ0v) is 13.4. The number of aliphatic carboxylic acids is 1. The first kappa shape index (κ1) is 16.5. The Kier molecular flexibility index (Phi) is 5.56. The van der Waals surface area contributed by atoms with Crippen LogP contribution in [-0.4, -0.2) is 23.7 Å². The molecule has 0 aliphatic rings. The van der Waals surface area contributed by atoms with Gasteiger partial charge in [0.05, 0.1) is 11.1 Å². The molecule has 110 valence electrons. The number of rotatable bonds is 5. The van der Waals surface area contributed by atoms with Crippen LogP contribution in [0.15, 0.2) is 22.7 Å². The molecule has 0 aliphatic heterocycles. The van der Waals surface area contributed by atoms with Crippen molar-refractivity contribution in [1.29, 1.82) is 0 Å². The second kappa shape index (κ2) is 6.74. The summed E-state index contributed by atoms with van der Waals surface area (Å²) in [7, 11) is 0. The molecule has 1 aromatic rings. The molecule has 0 fully saturated rings. The van der Waals surface area contributed by atoms with Crippen molar-refractivity contribution < 1.29 is 14.7 Å². The summed E-state index contributed by atoms with van der Waals surface area (Å²) < 4.78 is 0.782. The Hall–Kier alpha value is -1.56. The molecule has 0 spiro atoms. The van der Waals surface area contributed by atoms with Gasteiger partial charge in [0.15, 0.2) is 0 Å². The predicted octanol–water partition coefficient (Wildman–Crippen LogP) is 3.38. The summed E-state index contributed by atoms with van der Waals surface area (Å²) in [6, 6.07) is 5.14. The summed E-state index contributed by atoms with van der Waals surface area (Å²) in [5, 5.41) is 14.4. The summed E-state index contributed by atoms with van der Waals surface area (Å²) in [5.41, 5.74) is 0.760. The van der Waals surface area contributed by atoms with Crippen LogP contribution in [0.4, 0.5) is 10.5 Å². The fraction of sp³-hybridized carbons (Fsp3) is 0.429. The number of carbonyl (C=O) groups is 2. The maximum atomic E-state index is 11.8. The van der Waals surface area contributed by atoms with Gasteiger partial charge in [-0.05, 0) is 53.9 Å². The Labute approximate surface area is 126 Å². The average molecular weight is 343 g/mol. The Balaban J connectivity index is 2.62. The number of benzene rings is 1. The van der Waals surface area contributed by atoms with E-state index in [0.29, 0.717) is 12.1 Å². The fourth-order valence-electron chi connectivity index (χ4n) is 1.52. The van der Waals surface area contributed by atoms with Gasteiger partial charge in [-0.3, -0.25) is 4.79 Å². The third kappa shape index (κ3) is 4.23. The van der Waals surface area contributed by atoms with Gasteiger partial charge in [-0.2, -0.15) is 0 Å². The lowest BCUT2D eigenvalue weighted by Crippen LogP contribution is -2.42. The second-order valence-corrected chi connectivity index (χ2v) is 5.86. The highest BCUT2D eigenvalue weighted by Gasteiger charge is 2.31. The van der Waals surface area contributed by atoms with E-state index in [-0.39, 0.29) is 6.54 Å². The summed E-state index contributed by atoms with van der Waals surface area (Å²) in [5.74, 6) is -0.920. The number of carbonyl (C=O) groups excluding carboxylic acids is 1. The van der Waals surface area contributed by atoms with Gasteiger partial charge in [-0.15, -0.1) is 0 Å². The van der Waals surface area contributed by atoms with Crippen LogP contribution in [-0.2, 0) is 4.79 Å². The SMILES string of the molecule is CCC(C)(CNC(=O)Nc1ccc(C)cc1Br)C(=O)O. The summed E-state index contributed by atoms with van der Waals surface area (Å²) >= 11 is 3.37. The summed E-state index contributed by atoms with van der Waals surface area (Å²) in [6.07, 6.45) is 0.441. The minimum absolute atomic E-state index is 0.0775. The molecule has 0 aliphatic carbocycles. The van der Waals surface area contributed by atoms with Crippen LogP contribution in [0, 0.1) is 12.3 Å². The van der Waals surface area contributed by atoms with E-state index in [4.69, 9.17) is 5.11 Å². The van der Waals surface area contributed by atoms with Gasteiger partial charge in [0.1, 0.15) is 0 Å². The molecule has 0 saturated carbocycles. The number of anilines is 1. The molecular weight excluding hydrogens is 324 g/mol. The number of halogens is 1. The zero-order chi connectivity index (χ0) is 15.3. The molecule has 20 heavy (non-hydrogen) atoms. The van der Waals surface area contributed by atoms with Crippen LogP contribution < -0.4 is 10.6 Å². The monoisotopic (exact) mass is 342 g/mol. The molecule has 1 unspecified atom stereocenters. The molecular formula is C14H19BrN2O3. The molecule has 6 heteroatoms. The van der Waals surface area contributed by atoms with Crippen molar-refractivity contribution in [2.45, 2.75) is 27.2 Å². The van der Waals surface area contributed by atoms with Crippen LogP contribution in [0.1, 0.15) is 25.8 Å². The van der Waals surface area contributed by atoms with Crippen molar-refractivity contribution >= 4 is 33.6 Å². The van der Waals surface area contributed by atoms with Gasteiger partial charge in [-0.25, -0.2) is 4.79 Å². The van der Waals surface area contributed by atoms with Crippen LogP contribution in [0.2, 0.25) is 0 Å². The molecule has 1 rings (SSSR count). The molecule has 3 N–H and O–H groups in total. The van der Waals surface area contributed by atoms with Crippen LogP contribution in [0.3, 0.4) is 0 Å². The van der Waals surface area contributed by atoms with Gasteiger partial charge in [0.25, 0.3) is 0 Å². The maximum absolute atomic E-state index is 11.8. The van der Waals surface area contributed by atoms with Crippen LogP contribution in [0.25, 0.3) is 0 Å². The molecule has 2 amide bonds. The molecule has 0 aromatic heterocycles. The van der Waals surface area contributed by atoms with Crippen molar-refractivity contribution in [2.75, 3.05) is 11.9 Å². The number of carboxylic acids is 1. The highest BCUT2D eigenvalue weighted by atomic mass is 79.9. The van der Waals surface area contributed by atoms with E-state index in [1.54, 1.807) is 19.9 Å². The van der Waals surface area contributed by atoms with Crippen molar-refractivity contribution in [3.05, 3.63) is 28.2 Å². The normalized spacial score (nSPS) is 13.4. The number of carboxylic acid groups (broad SMARTS) is 1. The summed E-state index contributed by atoms with van der Waals surface area (Å²) in [4.78, 5) is 22.9. The van der Waals surface area contributed by atoms with Crippen LogP contribution in [0.5, 0.6) is 0 Å². The molecule has 1 aromatic carbocycles. The van der Waals surface area contributed by atoms with E-state index in [1.165, 1.54) is 0 Å². The highest BCUT2D eigenvalue weighted by Crippen LogP contribution is 2.23. The molecule has 0 heterocycles. The molecule has 5 nitrogen and oxygen atoms in total. The number of hydrogen-bond donors (Lipinski definition) is 3. The first-order valence-electron chi connectivity index (χ1n) is 6.33. The van der Waals surface area contributed by atoms with Crippen molar-refractivity contribution in [3.8, 4) is 0 Å². The number of aryl methyl sites for hydroxylation is 1. The molecule has 0 saturated heterocycles. The van der Waals surface area contributed by atoms with Gasteiger partial charge >= 0.3 is 12.0 Å². The number of hydrogen-bond acceptors (Lipinski definition) is 2. The first-order chi connectivity index (χ1) is 9.28. The lowest BCUT2D eigenvalue weighted by molar-refractivity contribution is -0.147. The second-order valence-electron chi connectivity index (χ2n) is 5.01. The third-order valence-corrected chi connectivity index (χ3v) is 3.96. The van der Waals surface area contributed by atoms with Crippen molar-refractivity contribution in [2.24, 2.45) is 5.41 Å². The van der Waals surface area contributed by atoms with Crippen molar-refractivity contribution in [3.63, 3.8) is 0 Å². The van der Waals surface area contributed by atoms with Gasteiger partial charge in [-0.1, -0.05) is 13.0 Å². The van der Waals surface area contributed by atoms with Gasteiger partial charge < -0.3 is 15.7 Å². The standard InChI is InChI=1S/C14H19BrN2O3/c1-4-14(3,12(18)19)8-16-13(20)17-11-6-5-9(2)7-10(11)15/h5-7H,4,8H2,1-3H3,(H,18,19)(H2,16,17,20). The van der Waals surface area contributed by atoms with E-state index in [0.717, 1.165) is 10.0 Å². The van der Waals surface area contributed by atoms with E-state index in [9.17, 15) is 9.59 Å². The zero-order valence-electron chi connectivity index (χ0n) is 11.8. The first-order valence-corrected chi connectivity index (χ1v) is 7.12. The third-order valence-electron chi connectivity index (χ3n) is 3.31. The van der Waals surface area contributed by atoms with Gasteiger partial charge in [0, 0.05) is 11.0 Å². The van der Waals surface area contributed by atoms with E-state index < -0.39 is 17.4 Å². The van der Waals surface area contributed by atoms with Crippen LogP contribution >= 0.6 is 15.9 Å². The quantitative estimate of drug-likeness (QED) is 0.767. The number of nitrogens with one attached hydrogen (secondary N) is 2. The predicted molar refractivity (Wildman–Crippen MR) is 81.9 cm³/mol. The molecule has 0 bridgehead atoms. The van der Waals surface area contributed by atoms with E-state index in [2.05, 4.69) is 26.6 Å². The molecule has 1 atom stereocenters. The largest absolute Gasteiger partial charge is 0.481 e. The summed E-state index contributed by atoms with van der Waals surface area (Å²) in [6.45, 7) is 5.42. The van der Waals surface area contributed by atoms with E-state index in [1.807, 2.05) is 19.1 Å². The number of urea groups is 1. The van der Waals surface area contributed by atoms with Gasteiger partial charge in [0.2, 0.25) is 0 Å². The topological polar surface area (TPSA) is 78.4 Å². The lowest BCUT2D eigenvalue weighted by atomic mass is 9.88. The average Bonchev–Trinajstić information content (AvgIpc) is 2.39. The fourth-order valence-corrected chi connectivity index (χ4v) is 2.11. The smallest absolute Gasteiger partial charge is 0.319 e. The Bertz CT molecular complexity index is 519. The lowest BCUT2D eigenvalue weighted by Gasteiger charge is -2.23. The Morgan fingerprint density at radius 1 is 1.40 bits per heavy atom. The Morgan fingerprint density at radius 3 is 2.55 bits per heavy atom. The minimum Gasteiger partial charge on any atom is -0.481 e. The maximum Gasteiger partial charge on any atom is 0.319 e. The molecule has 0 radical (unpaired) electrons.